The highest BCUT2D eigenvalue weighted by molar-refractivity contribution is 7.89. The number of anilines is 2. The Morgan fingerprint density at radius 1 is 0.939 bits per heavy atom. The van der Waals surface area contributed by atoms with Gasteiger partial charge in [0.05, 0.1) is 24.2 Å². The molecular weight excluding hydrogens is 438 g/mol. The Kier molecular flexibility index (Phi) is 6.05. The first kappa shape index (κ1) is 22.2. The summed E-state index contributed by atoms with van der Waals surface area (Å²) < 4.78 is 33.2. The molecule has 3 aliphatic rings. The van der Waals surface area contributed by atoms with Gasteiger partial charge in [0, 0.05) is 31.9 Å². The van der Waals surface area contributed by atoms with Gasteiger partial charge in [-0.2, -0.15) is 4.31 Å². The van der Waals surface area contributed by atoms with Crippen molar-refractivity contribution in [1.82, 2.24) is 4.31 Å². The van der Waals surface area contributed by atoms with Crippen LogP contribution in [0.25, 0.3) is 0 Å². The third kappa shape index (κ3) is 4.10. The van der Waals surface area contributed by atoms with Crippen molar-refractivity contribution in [2.24, 2.45) is 0 Å². The number of fused-ring (bicyclic) bond motifs is 2. The van der Waals surface area contributed by atoms with E-state index in [1.165, 1.54) is 5.56 Å². The molecule has 5 rings (SSSR count). The largest absolute Gasteiger partial charge is 0.495 e. The number of aryl methyl sites for hydroxylation is 2. The zero-order valence-electron chi connectivity index (χ0n) is 19.1. The molecule has 0 saturated carbocycles. The monoisotopic (exact) mass is 469 g/mol. The van der Waals surface area contributed by atoms with Gasteiger partial charge in [0.1, 0.15) is 5.75 Å². The van der Waals surface area contributed by atoms with E-state index in [9.17, 15) is 13.2 Å². The molecule has 7 nitrogen and oxygen atoms in total. The minimum atomic E-state index is -3.47. The third-order valence-electron chi connectivity index (χ3n) is 6.99. The molecule has 3 heterocycles. The molecule has 0 spiro atoms. The molecule has 3 aliphatic heterocycles. The summed E-state index contributed by atoms with van der Waals surface area (Å²) in [4.78, 5) is 17.7. The van der Waals surface area contributed by atoms with Crippen molar-refractivity contribution >= 4 is 27.3 Å². The Bertz CT molecular complexity index is 1140. The van der Waals surface area contributed by atoms with Crippen molar-refractivity contribution in [1.29, 1.82) is 0 Å². The molecule has 0 radical (unpaired) electrons. The summed E-state index contributed by atoms with van der Waals surface area (Å²) in [5.74, 6) is 0.834. The van der Waals surface area contributed by atoms with E-state index in [1.54, 1.807) is 23.5 Å². The van der Waals surface area contributed by atoms with Gasteiger partial charge in [0.25, 0.3) is 0 Å². The van der Waals surface area contributed by atoms with Gasteiger partial charge >= 0.3 is 0 Å². The van der Waals surface area contributed by atoms with Gasteiger partial charge in [-0.25, -0.2) is 8.42 Å². The molecule has 0 unspecified atom stereocenters. The Morgan fingerprint density at radius 3 is 2.48 bits per heavy atom. The van der Waals surface area contributed by atoms with E-state index in [0.29, 0.717) is 24.5 Å². The smallest absolute Gasteiger partial charge is 0.246 e. The number of sulfonamides is 1. The highest BCUT2D eigenvalue weighted by Gasteiger charge is 2.31. The van der Waals surface area contributed by atoms with Crippen molar-refractivity contribution in [2.75, 3.05) is 49.6 Å². The normalized spacial score (nSPS) is 18.7. The lowest BCUT2D eigenvalue weighted by atomic mass is 10.00. The molecule has 0 N–H and O–H groups in total. The number of methoxy groups -OCH3 is 1. The van der Waals surface area contributed by atoms with Crippen molar-refractivity contribution in [3.05, 3.63) is 47.5 Å². The number of carbonyl (C=O) groups excluding carboxylic acids is 1. The zero-order valence-corrected chi connectivity index (χ0v) is 19.9. The molecular formula is C25H31N3O4S. The van der Waals surface area contributed by atoms with E-state index in [2.05, 4.69) is 11.0 Å². The summed E-state index contributed by atoms with van der Waals surface area (Å²) in [5, 5.41) is 0. The lowest BCUT2D eigenvalue weighted by Gasteiger charge is -2.35. The van der Waals surface area contributed by atoms with Crippen molar-refractivity contribution < 1.29 is 17.9 Å². The Morgan fingerprint density at radius 2 is 1.70 bits per heavy atom. The molecule has 8 heteroatoms. The predicted octanol–water partition coefficient (Wildman–Crippen LogP) is 3.21. The first-order valence-electron chi connectivity index (χ1n) is 11.8. The van der Waals surface area contributed by atoms with E-state index in [-0.39, 0.29) is 12.5 Å². The second-order valence-electron chi connectivity index (χ2n) is 9.04. The van der Waals surface area contributed by atoms with E-state index in [1.807, 2.05) is 23.1 Å². The van der Waals surface area contributed by atoms with Crippen LogP contribution in [0.3, 0.4) is 0 Å². The molecule has 0 aromatic heterocycles. The number of hydrogen-bond acceptors (Lipinski definition) is 5. The maximum atomic E-state index is 13.4. The van der Waals surface area contributed by atoms with Crippen LogP contribution >= 0.6 is 0 Å². The summed E-state index contributed by atoms with van der Waals surface area (Å²) >= 11 is 0. The minimum absolute atomic E-state index is 0.0323. The average molecular weight is 470 g/mol. The SMILES string of the molecule is COc1cccc2c1N(CC(=O)N1CCCc3cc(S(=O)(=O)N4CCCC4)ccc31)CCC2. The summed E-state index contributed by atoms with van der Waals surface area (Å²) in [6.07, 6.45) is 5.42. The molecule has 0 atom stereocenters. The Labute approximate surface area is 196 Å². The van der Waals surface area contributed by atoms with Crippen LogP contribution < -0.4 is 14.5 Å². The van der Waals surface area contributed by atoms with Gasteiger partial charge in [-0.3, -0.25) is 4.79 Å². The molecule has 0 bridgehead atoms. The standard InChI is InChI=1S/C25H31N3O4S/c1-32-23-10-4-7-19-8-5-13-26(25(19)23)18-24(29)28-16-6-9-20-17-21(11-12-22(20)28)33(30,31)27-14-2-3-15-27/h4,7,10-12,17H,2-3,5-6,8-9,13-16,18H2,1H3. The number of para-hydroxylation sites is 1. The summed E-state index contributed by atoms with van der Waals surface area (Å²) in [7, 11) is -1.80. The number of hydrogen-bond donors (Lipinski definition) is 0. The lowest BCUT2D eigenvalue weighted by molar-refractivity contribution is -0.117. The van der Waals surface area contributed by atoms with Crippen LogP contribution in [0, 0.1) is 0 Å². The van der Waals surface area contributed by atoms with Crippen LogP contribution in [0.4, 0.5) is 11.4 Å². The predicted molar refractivity (Wildman–Crippen MR) is 129 cm³/mol. The lowest BCUT2D eigenvalue weighted by Crippen LogP contribution is -2.44. The summed E-state index contributed by atoms with van der Waals surface area (Å²) in [6, 6.07) is 11.3. The fourth-order valence-corrected chi connectivity index (χ4v) is 6.91. The fourth-order valence-electron chi connectivity index (χ4n) is 5.34. The van der Waals surface area contributed by atoms with Gasteiger partial charge < -0.3 is 14.5 Å². The zero-order chi connectivity index (χ0) is 23.0. The minimum Gasteiger partial charge on any atom is -0.495 e. The molecule has 1 fully saturated rings. The van der Waals surface area contributed by atoms with Crippen LogP contribution in [0.2, 0.25) is 0 Å². The summed E-state index contributed by atoms with van der Waals surface area (Å²) in [5.41, 5.74) is 4.00. The van der Waals surface area contributed by atoms with E-state index >= 15 is 0 Å². The van der Waals surface area contributed by atoms with Crippen molar-refractivity contribution in [2.45, 2.75) is 43.4 Å². The van der Waals surface area contributed by atoms with Crippen LogP contribution in [0.5, 0.6) is 5.75 Å². The van der Waals surface area contributed by atoms with Crippen molar-refractivity contribution in [3.63, 3.8) is 0 Å². The number of carbonyl (C=O) groups is 1. The molecule has 176 valence electrons. The van der Waals surface area contributed by atoms with Crippen LogP contribution in [0.15, 0.2) is 41.3 Å². The first-order chi connectivity index (χ1) is 16.0. The highest BCUT2D eigenvalue weighted by atomic mass is 32.2. The maximum absolute atomic E-state index is 13.4. The maximum Gasteiger partial charge on any atom is 0.246 e. The fraction of sp³-hybridized carbons (Fsp3) is 0.480. The van der Waals surface area contributed by atoms with Crippen LogP contribution in [-0.4, -0.2) is 58.5 Å². The molecule has 1 saturated heterocycles. The Balaban J connectivity index is 1.39. The topological polar surface area (TPSA) is 70.2 Å². The van der Waals surface area contributed by atoms with Gasteiger partial charge in [0.15, 0.2) is 0 Å². The second-order valence-corrected chi connectivity index (χ2v) is 11.0. The number of amides is 1. The van der Waals surface area contributed by atoms with Crippen LogP contribution in [-0.2, 0) is 27.7 Å². The number of benzene rings is 2. The molecule has 1 amide bonds. The summed E-state index contributed by atoms with van der Waals surface area (Å²) in [6.45, 7) is 2.92. The number of ether oxygens (including phenoxy) is 1. The van der Waals surface area contributed by atoms with Gasteiger partial charge in [-0.15, -0.1) is 0 Å². The Hall–Kier alpha value is -2.58. The quantitative estimate of drug-likeness (QED) is 0.673. The molecule has 2 aromatic rings. The molecule has 33 heavy (non-hydrogen) atoms. The van der Waals surface area contributed by atoms with E-state index in [0.717, 1.165) is 67.8 Å². The molecule has 2 aromatic carbocycles. The van der Waals surface area contributed by atoms with Gasteiger partial charge in [-0.05, 0) is 73.9 Å². The van der Waals surface area contributed by atoms with Crippen molar-refractivity contribution in [3.8, 4) is 5.75 Å². The third-order valence-corrected chi connectivity index (χ3v) is 8.89. The number of rotatable bonds is 5. The van der Waals surface area contributed by atoms with E-state index < -0.39 is 10.0 Å². The average Bonchev–Trinajstić information content (AvgIpc) is 3.39. The van der Waals surface area contributed by atoms with Gasteiger partial charge in [-0.1, -0.05) is 12.1 Å². The van der Waals surface area contributed by atoms with E-state index in [4.69, 9.17) is 4.74 Å². The van der Waals surface area contributed by atoms with Crippen LogP contribution in [0.1, 0.15) is 36.8 Å². The molecule has 0 aliphatic carbocycles. The highest BCUT2D eigenvalue weighted by Crippen LogP contribution is 2.37. The first-order valence-corrected chi connectivity index (χ1v) is 13.3. The second kappa shape index (κ2) is 8.99. The number of nitrogens with zero attached hydrogens (tertiary/aromatic N) is 3. The van der Waals surface area contributed by atoms with Gasteiger partial charge in [0.2, 0.25) is 15.9 Å².